The fourth-order valence-electron chi connectivity index (χ4n) is 1.69. The molecule has 0 aliphatic carbocycles. The summed E-state index contributed by atoms with van der Waals surface area (Å²) in [6, 6.07) is 0. The minimum atomic E-state index is -0.407. The highest BCUT2D eigenvalue weighted by molar-refractivity contribution is 5.78. The highest BCUT2D eigenvalue weighted by atomic mass is 17.5. The fourth-order valence-corrected chi connectivity index (χ4v) is 1.69. The lowest BCUT2D eigenvalue weighted by molar-refractivity contribution is -0.486. The second kappa shape index (κ2) is 9.13. The van der Waals surface area contributed by atoms with Crippen LogP contribution in [0.2, 0.25) is 0 Å². The van der Waals surface area contributed by atoms with Crippen LogP contribution in [0.5, 0.6) is 0 Å². The van der Waals surface area contributed by atoms with Gasteiger partial charge in [-0.2, -0.15) is 4.89 Å². The maximum absolute atomic E-state index is 11.4. The minimum Gasteiger partial charge on any atom is -0.300 e. The minimum absolute atomic E-state index is 0.313. The summed E-state index contributed by atoms with van der Waals surface area (Å²) in [5.74, 6) is -0.0935. The molecule has 1 aliphatic rings. The van der Waals surface area contributed by atoms with E-state index in [0.29, 0.717) is 31.7 Å². The van der Waals surface area contributed by atoms with Crippen molar-refractivity contribution < 1.29 is 24.4 Å². The van der Waals surface area contributed by atoms with Gasteiger partial charge < -0.3 is 0 Å². The van der Waals surface area contributed by atoms with E-state index in [-0.39, 0.29) is 0 Å². The molecule has 0 aromatic carbocycles. The lowest BCUT2D eigenvalue weighted by Crippen LogP contribution is -2.06. The molecular formula is C12H20O5. The molecule has 0 bridgehead atoms. The number of ketones is 1. The van der Waals surface area contributed by atoms with Crippen molar-refractivity contribution in [2.24, 2.45) is 0 Å². The zero-order valence-corrected chi connectivity index (χ0v) is 10.1. The van der Waals surface area contributed by atoms with Gasteiger partial charge in [-0.25, -0.2) is 4.79 Å². The van der Waals surface area contributed by atoms with Crippen molar-refractivity contribution in [3.63, 3.8) is 0 Å². The Morgan fingerprint density at radius 2 is 1.41 bits per heavy atom. The summed E-state index contributed by atoms with van der Waals surface area (Å²) in [6.45, 7) is 0.334. The summed E-state index contributed by atoms with van der Waals surface area (Å²) < 4.78 is 0. The molecular weight excluding hydrogens is 224 g/mol. The SMILES string of the molecule is O=C1CCCCCCC(=O)OOOCCCC1. The van der Waals surface area contributed by atoms with Crippen molar-refractivity contribution in [1.82, 2.24) is 0 Å². The molecule has 0 saturated carbocycles. The summed E-state index contributed by atoms with van der Waals surface area (Å²) in [4.78, 5) is 31.6. The van der Waals surface area contributed by atoms with Gasteiger partial charge in [0.15, 0.2) is 0 Å². The topological polar surface area (TPSA) is 61.8 Å². The molecule has 0 aromatic rings. The van der Waals surface area contributed by atoms with E-state index in [9.17, 15) is 9.59 Å². The molecule has 5 nitrogen and oxygen atoms in total. The summed E-state index contributed by atoms with van der Waals surface area (Å²) in [5, 5.41) is 4.31. The number of rotatable bonds is 0. The smallest absolute Gasteiger partial charge is 0.300 e. The van der Waals surface area contributed by atoms with Gasteiger partial charge in [0.2, 0.25) is 0 Å². The standard InChI is InChI=1S/C12H20O5/c13-11-7-3-1-2-4-9-12(14)16-17-15-10-6-5-8-11/h1-10H2. The highest BCUT2D eigenvalue weighted by Crippen LogP contribution is 2.09. The van der Waals surface area contributed by atoms with E-state index in [1.807, 2.05) is 0 Å². The van der Waals surface area contributed by atoms with Crippen LogP contribution in [0.3, 0.4) is 0 Å². The van der Waals surface area contributed by atoms with E-state index in [1.54, 1.807) is 0 Å². The Hall–Kier alpha value is -0.940. The van der Waals surface area contributed by atoms with Crippen molar-refractivity contribution >= 4 is 11.8 Å². The molecule has 1 fully saturated rings. The maximum atomic E-state index is 11.4. The molecule has 1 heterocycles. The first-order valence-electron chi connectivity index (χ1n) is 6.30. The number of hydrogen-bond donors (Lipinski definition) is 0. The molecule has 0 atom stereocenters. The first-order valence-corrected chi connectivity index (χ1v) is 6.30. The molecule has 1 aliphatic heterocycles. The first kappa shape index (κ1) is 14.1. The van der Waals surface area contributed by atoms with Crippen LogP contribution in [0.15, 0.2) is 0 Å². The molecule has 0 unspecified atom stereocenters. The molecule has 5 heteroatoms. The predicted octanol–water partition coefficient (Wildman–Crippen LogP) is 2.49. The summed E-state index contributed by atoms with van der Waals surface area (Å²) in [5.41, 5.74) is 0. The van der Waals surface area contributed by atoms with Crippen LogP contribution in [0, 0.1) is 0 Å². The zero-order chi connectivity index (χ0) is 12.3. The largest absolute Gasteiger partial charge is 0.345 e. The zero-order valence-electron chi connectivity index (χ0n) is 10.1. The van der Waals surface area contributed by atoms with E-state index in [0.717, 1.165) is 38.5 Å². The number of hydrogen-bond acceptors (Lipinski definition) is 5. The summed E-state index contributed by atoms with van der Waals surface area (Å²) in [7, 11) is 0. The van der Waals surface area contributed by atoms with Crippen LogP contribution in [0.1, 0.15) is 57.8 Å². The lowest BCUT2D eigenvalue weighted by Gasteiger charge is -2.02. The second-order valence-corrected chi connectivity index (χ2v) is 4.26. The Morgan fingerprint density at radius 1 is 0.765 bits per heavy atom. The Bertz CT molecular complexity index is 215. The molecule has 0 radical (unpaired) electrons. The average Bonchev–Trinajstić information content (AvgIpc) is 2.32. The van der Waals surface area contributed by atoms with E-state index in [1.165, 1.54) is 0 Å². The van der Waals surface area contributed by atoms with Crippen LogP contribution in [-0.2, 0) is 24.4 Å². The number of carbonyl (C=O) groups is 2. The van der Waals surface area contributed by atoms with Gasteiger partial charge in [0.25, 0.3) is 0 Å². The molecule has 0 amide bonds. The number of carbonyl (C=O) groups excluding carboxylic acids is 2. The normalized spacial score (nSPS) is 22.4. The van der Waals surface area contributed by atoms with Gasteiger partial charge in [-0.05, 0) is 30.7 Å². The maximum Gasteiger partial charge on any atom is 0.345 e. The third-order valence-electron chi connectivity index (χ3n) is 2.69. The third-order valence-corrected chi connectivity index (χ3v) is 2.69. The van der Waals surface area contributed by atoms with Crippen LogP contribution < -0.4 is 0 Å². The van der Waals surface area contributed by atoms with E-state index < -0.39 is 5.97 Å². The van der Waals surface area contributed by atoms with Gasteiger partial charge in [0.1, 0.15) is 5.78 Å². The number of Topliss-reactive ketones (excluding diaryl/α,β-unsaturated/α-hetero) is 1. The fraction of sp³-hybridized carbons (Fsp3) is 0.833. The average molecular weight is 244 g/mol. The molecule has 0 aromatic heterocycles. The predicted molar refractivity (Wildman–Crippen MR) is 59.7 cm³/mol. The van der Waals surface area contributed by atoms with E-state index >= 15 is 0 Å². The van der Waals surface area contributed by atoms with Gasteiger partial charge in [0, 0.05) is 19.3 Å². The van der Waals surface area contributed by atoms with Crippen LogP contribution >= 0.6 is 0 Å². The molecule has 0 N–H and O–H groups in total. The Kier molecular flexibility index (Phi) is 7.58. The first-order chi connectivity index (χ1) is 8.29. The molecule has 0 spiro atoms. The molecule has 98 valence electrons. The molecule has 1 saturated heterocycles. The summed E-state index contributed by atoms with van der Waals surface area (Å²) in [6.07, 6.45) is 6.69. The Morgan fingerprint density at radius 3 is 2.18 bits per heavy atom. The van der Waals surface area contributed by atoms with Crippen LogP contribution in [0.4, 0.5) is 0 Å². The van der Waals surface area contributed by atoms with Crippen LogP contribution in [-0.4, -0.2) is 18.4 Å². The van der Waals surface area contributed by atoms with Gasteiger partial charge in [-0.3, -0.25) is 9.68 Å². The van der Waals surface area contributed by atoms with Crippen molar-refractivity contribution in [3.05, 3.63) is 0 Å². The highest BCUT2D eigenvalue weighted by Gasteiger charge is 2.07. The molecule has 17 heavy (non-hydrogen) atoms. The van der Waals surface area contributed by atoms with Gasteiger partial charge in [-0.15, -0.1) is 0 Å². The van der Waals surface area contributed by atoms with Crippen molar-refractivity contribution in [1.29, 1.82) is 0 Å². The van der Waals surface area contributed by atoms with Gasteiger partial charge in [-0.1, -0.05) is 12.8 Å². The van der Waals surface area contributed by atoms with Crippen molar-refractivity contribution in [2.75, 3.05) is 6.61 Å². The Labute approximate surface area is 101 Å². The third kappa shape index (κ3) is 7.88. The summed E-state index contributed by atoms with van der Waals surface area (Å²) >= 11 is 0. The quantitative estimate of drug-likeness (QED) is 0.612. The molecule has 1 rings (SSSR count). The van der Waals surface area contributed by atoms with E-state index in [4.69, 9.17) is 0 Å². The van der Waals surface area contributed by atoms with Crippen molar-refractivity contribution in [3.8, 4) is 0 Å². The van der Waals surface area contributed by atoms with Crippen molar-refractivity contribution in [2.45, 2.75) is 57.8 Å². The monoisotopic (exact) mass is 244 g/mol. The van der Waals surface area contributed by atoms with Gasteiger partial charge in [0.05, 0.1) is 6.61 Å². The van der Waals surface area contributed by atoms with Gasteiger partial charge >= 0.3 is 5.97 Å². The second-order valence-electron chi connectivity index (χ2n) is 4.26. The Balaban J connectivity index is 2.23. The lowest BCUT2D eigenvalue weighted by atomic mass is 10.1. The van der Waals surface area contributed by atoms with Crippen LogP contribution in [0.25, 0.3) is 0 Å². The van der Waals surface area contributed by atoms with E-state index in [2.05, 4.69) is 14.8 Å².